The number of benzene rings is 1. The number of likely N-dealkylation sites (N-methyl/N-ethyl adjacent to an activating group) is 1. The van der Waals surface area contributed by atoms with Gasteiger partial charge in [-0.15, -0.1) is 0 Å². The van der Waals surface area contributed by atoms with Crippen molar-refractivity contribution in [3.05, 3.63) is 34.9 Å². The van der Waals surface area contributed by atoms with Gasteiger partial charge in [-0.25, -0.2) is 0 Å². The molecule has 0 radical (unpaired) electrons. The number of hydrogen-bond acceptors (Lipinski definition) is 1. The molecule has 0 saturated carbocycles. The van der Waals surface area contributed by atoms with Crippen LogP contribution in [0.1, 0.15) is 43.4 Å². The standard InChI is InChI=1S/C16H25N/c1-13(2)17(3)11-10-14-8-9-15-6-4-5-7-16(15)12-14/h8-9,12-13H,4-7,10-11H2,1-3H3. The first-order chi connectivity index (χ1) is 8.16. The molecule has 0 heterocycles. The molecule has 0 unspecified atom stereocenters. The summed E-state index contributed by atoms with van der Waals surface area (Å²) < 4.78 is 0. The van der Waals surface area contributed by atoms with Crippen LogP contribution in [0.3, 0.4) is 0 Å². The molecule has 1 aliphatic carbocycles. The number of hydrogen-bond donors (Lipinski definition) is 0. The van der Waals surface area contributed by atoms with E-state index in [-0.39, 0.29) is 0 Å². The van der Waals surface area contributed by atoms with E-state index in [0.717, 1.165) is 6.54 Å². The van der Waals surface area contributed by atoms with Gasteiger partial charge >= 0.3 is 0 Å². The first-order valence-electron chi connectivity index (χ1n) is 6.98. The Labute approximate surface area is 106 Å². The zero-order valence-corrected chi connectivity index (χ0v) is 11.5. The number of rotatable bonds is 4. The Kier molecular flexibility index (Phi) is 4.22. The smallest absolute Gasteiger partial charge is 0.00356 e. The largest absolute Gasteiger partial charge is 0.304 e. The molecule has 1 nitrogen and oxygen atoms in total. The second-order valence-electron chi connectivity index (χ2n) is 5.63. The molecular formula is C16H25N. The summed E-state index contributed by atoms with van der Waals surface area (Å²) >= 11 is 0. The van der Waals surface area contributed by atoms with Crippen molar-refractivity contribution in [3.63, 3.8) is 0 Å². The van der Waals surface area contributed by atoms with Gasteiger partial charge in [0.05, 0.1) is 0 Å². The minimum atomic E-state index is 0.646. The molecule has 0 bridgehead atoms. The van der Waals surface area contributed by atoms with E-state index in [4.69, 9.17) is 0 Å². The van der Waals surface area contributed by atoms with E-state index in [1.165, 1.54) is 37.7 Å². The van der Waals surface area contributed by atoms with E-state index in [1.807, 2.05) is 0 Å². The van der Waals surface area contributed by atoms with Gasteiger partial charge in [0.15, 0.2) is 0 Å². The van der Waals surface area contributed by atoms with Crippen LogP contribution in [0.4, 0.5) is 0 Å². The van der Waals surface area contributed by atoms with Crippen LogP contribution in [0.25, 0.3) is 0 Å². The summed E-state index contributed by atoms with van der Waals surface area (Å²) in [5, 5.41) is 0. The Bertz CT molecular complexity index is 368. The lowest BCUT2D eigenvalue weighted by atomic mass is 9.90. The number of aryl methyl sites for hydroxylation is 2. The van der Waals surface area contributed by atoms with Crippen molar-refractivity contribution in [2.45, 2.75) is 52.0 Å². The average Bonchev–Trinajstić information content (AvgIpc) is 2.35. The summed E-state index contributed by atoms with van der Waals surface area (Å²) in [5.74, 6) is 0. The van der Waals surface area contributed by atoms with Crippen LogP contribution in [0.15, 0.2) is 18.2 Å². The lowest BCUT2D eigenvalue weighted by Crippen LogP contribution is -2.28. The Morgan fingerprint density at radius 2 is 1.82 bits per heavy atom. The van der Waals surface area contributed by atoms with Gasteiger partial charge in [-0.1, -0.05) is 18.2 Å². The maximum absolute atomic E-state index is 2.45. The third kappa shape index (κ3) is 3.32. The Hall–Kier alpha value is -0.820. The van der Waals surface area contributed by atoms with Crippen molar-refractivity contribution in [1.82, 2.24) is 4.90 Å². The fourth-order valence-electron chi connectivity index (χ4n) is 2.51. The molecule has 0 aromatic heterocycles. The summed E-state index contributed by atoms with van der Waals surface area (Å²) in [7, 11) is 2.21. The molecule has 2 rings (SSSR count). The third-order valence-corrected chi connectivity index (χ3v) is 4.05. The quantitative estimate of drug-likeness (QED) is 0.767. The fourth-order valence-corrected chi connectivity index (χ4v) is 2.51. The molecule has 0 fully saturated rings. The summed E-state index contributed by atoms with van der Waals surface area (Å²) in [6.07, 6.45) is 6.53. The van der Waals surface area contributed by atoms with Crippen molar-refractivity contribution >= 4 is 0 Å². The predicted octanol–water partition coefficient (Wildman–Crippen LogP) is 3.45. The van der Waals surface area contributed by atoms with E-state index in [0.29, 0.717) is 6.04 Å². The lowest BCUT2D eigenvalue weighted by molar-refractivity contribution is 0.277. The van der Waals surface area contributed by atoms with E-state index in [1.54, 1.807) is 11.1 Å². The molecule has 0 aliphatic heterocycles. The van der Waals surface area contributed by atoms with Gasteiger partial charge in [-0.2, -0.15) is 0 Å². The van der Waals surface area contributed by atoms with Gasteiger partial charge in [0.2, 0.25) is 0 Å². The molecule has 1 aromatic rings. The SMILES string of the molecule is CC(C)N(C)CCc1ccc2c(c1)CCCC2. The highest BCUT2D eigenvalue weighted by Gasteiger charge is 2.10. The lowest BCUT2D eigenvalue weighted by Gasteiger charge is -2.21. The van der Waals surface area contributed by atoms with Crippen molar-refractivity contribution in [1.29, 1.82) is 0 Å². The van der Waals surface area contributed by atoms with Crippen molar-refractivity contribution in [2.24, 2.45) is 0 Å². The molecular weight excluding hydrogens is 206 g/mol. The van der Waals surface area contributed by atoms with Crippen LogP contribution in [0.2, 0.25) is 0 Å². The van der Waals surface area contributed by atoms with Crippen molar-refractivity contribution < 1.29 is 0 Å². The fraction of sp³-hybridized carbons (Fsp3) is 0.625. The molecule has 0 amide bonds. The molecule has 1 aliphatic rings. The van der Waals surface area contributed by atoms with Crippen LogP contribution < -0.4 is 0 Å². The zero-order valence-electron chi connectivity index (χ0n) is 11.5. The summed E-state index contributed by atoms with van der Waals surface area (Å²) in [5.41, 5.74) is 4.72. The first-order valence-corrected chi connectivity index (χ1v) is 6.98. The topological polar surface area (TPSA) is 3.24 Å². The number of fused-ring (bicyclic) bond motifs is 1. The normalized spacial score (nSPS) is 15.4. The Morgan fingerprint density at radius 1 is 1.12 bits per heavy atom. The first kappa shape index (κ1) is 12.6. The van der Waals surface area contributed by atoms with Crippen molar-refractivity contribution in [3.8, 4) is 0 Å². The second-order valence-corrected chi connectivity index (χ2v) is 5.63. The van der Waals surface area contributed by atoms with Gasteiger partial charge < -0.3 is 4.90 Å². The van der Waals surface area contributed by atoms with Gasteiger partial charge in [-0.3, -0.25) is 0 Å². The van der Waals surface area contributed by atoms with Gasteiger partial charge in [0, 0.05) is 12.6 Å². The Balaban J connectivity index is 1.97. The summed E-state index contributed by atoms with van der Waals surface area (Å²) in [6.45, 7) is 5.68. The maximum atomic E-state index is 2.45. The molecule has 0 atom stereocenters. The molecule has 94 valence electrons. The van der Waals surface area contributed by atoms with Crippen LogP contribution in [-0.4, -0.2) is 24.5 Å². The monoisotopic (exact) mass is 231 g/mol. The minimum absolute atomic E-state index is 0.646. The van der Waals surface area contributed by atoms with Crippen LogP contribution in [0.5, 0.6) is 0 Å². The molecule has 17 heavy (non-hydrogen) atoms. The molecule has 0 spiro atoms. The molecule has 1 aromatic carbocycles. The van der Waals surface area contributed by atoms with Crippen molar-refractivity contribution in [2.75, 3.05) is 13.6 Å². The van der Waals surface area contributed by atoms with Crippen LogP contribution >= 0.6 is 0 Å². The maximum Gasteiger partial charge on any atom is 0.00356 e. The van der Waals surface area contributed by atoms with Gasteiger partial charge in [0.1, 0.15) is 0 Å². The highest BCUT2D eigenvalue weighted by Crippen LogP contribution is 2.22. The van der Waals surface area contributed by atoms with E-state index in [9.17, 15) is 0 Å². The second kappa shape index (κ2) is 5.68. The average molecular weight is 231 g/mol. The van der Waals surface area contributed by atoms with E-state index >= 15 is 0 Å². The van der Waals surface area contributed by atoms with Gasteiger partial charge in [-0.05, 0) is 69.7 Å². The molecule has 0 saturated heterocycles. The minimum Gasteiger partial charge on any atom is -0.304 e. The third-order valence-electron chi connectivity index (χ3n) is 4.05. The highest BCUT2D eigenvalue weighted by atomic mass is 15.1. The summed E-state index contributed by atoms with van der Waals surface area (Å²) in [6, 6.07) is 7.79. The highest BCUT2D eigenvalue weighted by molar-refractivity contribution is 5.33. The predicted molar refractivity (Wildman–Crippen MR) is 74.6 cm³/mol. The van der Waals surface area contributed by atoms with Gasteiger partial charge in [0.25, 0.3) is 0 Å². The van der Waals surface area contributed by atoms with E-state index < -0.39 is 0 Å². The Morgan fingerprint density at radius 3 is 2.53 bits per heavy atom. The molecule has 1 heteroatoms. The van der Waals surface area contributed by atoms with E-state index in [2.05, 4.69) is 44.0 Å². The number of nitrogens with zero attached hydrogens (tertiary/aromatic N) is 1. The van der Waals surface area contributed by atoms with Crippen LogP contribution in [0, 0.1) is 0 Å². The summed E-state index contributed by atoms with van der Waals surface area (Å²) in [4.78, 5) is 2.42. The molecule has 0 N–H and O–H groups in total. The van der Waals surface area contributed by atoms with Crippen LogP contribution in [-0.2, 0) is 19.3 Å². The zero-order chi connectivity index (χ0) is 12.3.